The maximum Gasteiger partial charge on any atom is 0.416 e. The lowest BCUT2D eigenvalue weighted by Crippen LogP contribution is -2.30. The van der Waals surface area contributed by atoms with Crippen LogP contribution in [0.3, 0.4) is 0 Å². The number of amides is 2. The van der Waals surface area contributed by atoms with Gasteiger partial charge in [-0.15, -0.1) is 0 Å². The van der Waals surface area contributed by atoms with Crippen molar-refractivity contribution in [2.24, 2.45) is 0 Å². The zero-order valence-electron chi connectivity index (χ0n) is 11.7. The van der Waals surface area contributed by atoms with Gasteiger partial charge in [0.25, 0.3) is 0 Å². The van der Waals surface area contributed by atoms with E-state index in [0.717, 1.165) is 25.7 Å². The van der Waals surface area contributed by atoms with Crippen LogP contribution in [0, 0.1) is 5.82 Å². The minimum atomic E-state index is -4.58. The van der Waals surface area contributed by atoms with Crippen LogP contribution in [0.2, 0.25) is 0 Å². The van der Waals surface area contributed by atoms with Crippen LogP contribution in [0.4, 0.5) is 28.0 Å². The molecule has 0 aliphatic rings. The van der Waals surface area contributed by atoms with Crippen molar-refractivity contribution in [3.8, 4) is 0 Å². The SMILES string of the molecule is CCCCCCNC(=O)Nc1cc(C(F)(F)F)ccc1F. The number of carbonyl (C=O) groups excluding carboxylic acids is 1. The van der Waals surface area contributed by atoms with Crippen molar-refractivity contribution >= 4 is 11.7 Å². The monoisotopic (exact) mass is 306 g/mol. The van der Waals surface area contributed by atoms with E-state index >= 15 is 0 Å². The van der Waals surface area contributed by atoms with E-state index < -0.39 is 29.3 Å². The van der Waals surface area contributed by atoms with Gasteiger partial charge in [0.05, 0.1) is 11.3 Å². The van der Waals surface area contributed by atoms with E-state index in [-0.39, 0.29) is 0 Å². The average molecular weight is 306 g/mol. The zero-order valence-corrected chi connectivity index (χ0v) is 11.7. The number of hydrogen-bond acceptors (Lipinski definition) is 1. The van der Waals surface area contributed by atoms with Gasteiger partial charge in [-0.1, -0.05) is 26.2 Å². The Labute approximate surface area is 120 Å². The molecule has 0 aromatic heterocycles. The molecule has 0 atom stereocenters. The number of benzene rings is 1. The third-order valence-electron chi connectivity index (χ3n) is 2.86. The lowest BCUT2D eigenvalue weighted by Gasteiger charge is -2.11. The highest BCUT2D eigenvalue weighted by Crippen LogP contribution is 2.31. The molecule has 3 nitrogen and oxygen atoms in total. The smallest absolute Gasteiger partial charge is 0.338 e. The molecule has 0 aliphatic carbocycles. The first kappa shape index (κ1) is 17.3. The molecule has 0 radical (unpaired) electrons. The molecule has 0 saturated carbocycles. The summed E-state index contributed by atoms with van der Waals surface area (Å²) >= 11 is 0. The van der Waals surface area contributed by atoms with Crippen molar-refractivity contribution < 1.29 is 22.4 Å². The molecule has 0 heterocycles. The van der Waals surface area contributed by atoms with Gasteiger partial charge in [0.2, 0.25) is 0 Å². The summed E-state index contributed by atoms with van der Waals surface area (Å²) in [6.45, 7) is 2.45. The van der Waals surface area contributed by atoms with Gasteiger partial charge < -0.3 is 10.6 Å². The van der Waals surface area contributed by atoms with Gasteiger partial charge in [0, 0.05) is 6.54 Å². The zero-order chi connectivity index (χ0) is 15.9. The van der Waals surface area contributed by atoms with Crippen LogP contribution < -0.4 is 10.6 Å². The molecule has 0 unspecified atom stereocenters. The fourth-order valence-corrected chi connectivity index (χ4v) is 1.72. The Kier molecular flexibility index (Phi) is 6.45. The van der Waals surface area contributed by atoms with Crippen LogP contribution in [0.15, 0.2) is 18.2 Å². The number of carbonyl (C=O) groups is 1. The van der Waals surface area contributed by atoms with Gasteiger partial charge in [0.15, 0.2) is 0 Å². The molecule has 2 amide bonds. The van der Waals surface area contributed by atoms with E-state index in [4.69, 9.17) is 0 Å². The fraction of sp³-hybridized carbons (Fsp3) is 0.500. The van der Waals surface area contributed by atoms with Gasteiger partial charge in [-0.2, -0.15) is 13.2 Å². The van der Waals surface area contributed by atoms with E-state index in [9.17, 15) is 22.4 Å². The van der Waals surface area contributed by atoms with Crippen LogP contribution in [-0.2, 0) is 6.18 Å². The molecule has 0 aliphatic heterocycles. The van der Waals surface area contributed by atoms with Crippen LogP contribution in [0.5, 0.6) is 0 Å². The Morgan fingerprint density at radius 2 is 1.90 bits per heavy atom. The molecule has 0 fully saturated rings. The number of anilines is 1. The predicted molar refractivity (Wildman–Crippen MR) is 72.6 cm³/mol. The molecular weight excluding hydrogens is 288 g/mol. The van der Waals surface area contributed by atoms with Crippen molar-refractivity contribution in [1.82, 2.24) is 5.32 Å². The first-order chi connectivity index (χ1) is 9.84. The first-order valence-electron chi connectivity index (χ1n) is 6.76. The second kappa shape index (κ2) is 7.85. The van der Waals surface area contributed by atoms with E-state index in [1.165, 1.54) is 0 Å². The van der Waals surface area contributed by atoms with Crippen molar-refractivity contribution in [2.75, 3.05) is 11.9 Å². The number of alkyl halides is 3. The van der Waals surface area contributed by atoms with E-state index in [1.807, 2.05) is 0 Å². The standard InChI is InChI=1S/C14H18F4N2O/c1-2-3-4-5-8-19-13(21)20-12-9-10(14(16,17)18)6-7-11(12)15/h6-7,9H,2-5,8H2,1H3,(H2,19,20,21). The molecule has 1 aromatic carbocycles. The molecule has 2 N–H and O–H groups in total. The Morgan fingerprint density at radius 3 is 2.52 bits per heavy atom. The van der Waals surface area contributed by atoms with Gasteiger partial charge >= 0.3 is 12.2 Å². The third-order valence-corrected chi connectivity index (χ3v) is 2.86. The van der Waals surface area contributed by atoms with Crippen molar-refractivity contribution in [2.45, 2.75) is 38.8 Å². The fourth-order valence-electron chi connectivity index (χ4n) is 1.72. The summed E-state index contributed by atoms with van der Waals surface area (Å²) in [5.41, 5.74) is -1.50. The molecule has 118 valence electrons. The number of hydrogen-bond donors (Lipinski definition) is 2. The molecule has 0 saturated heterocycles. The summed E-state index contributed by atoms with van der Waals surface area (Å²) in [7, 11) is 0. The van der Waals surface area contributed by atoms with Gasteiger partial charge in [-0.25, -0.2) is 9.18 Å². The quantitative estimate of drug-likeness (QED) is 0.587. The summed E-state index contributed by atoms with van der Waals surface area (Å²) in [6, 6.07) is 1.17. The van der Waals surface area contributed by atoms with Crippen molar-refractivity contribution in [3.05, 3.63) is 29.6 Å². The number of nitrogens with one attached hydrogen (secondary N) is 2. The maximum absolute atomic E-state index is 13.4. The lowest BCUT2D eigenvalue weighted by atomic mass is 10.2. The number of urea groups is 1. The summed E-state index contributed by atoms with van der Waals surface area (Å²) < 4.78 is 50.9. The van der Waals surface area contributed by atoms with Gasteiger partial charge in [0.1, 0.15) is 5.82 Å². The second-order valence-electron chi connectivity index (χ2n) is 4.63. The largest absolute Gasteiger partial charge is 0.416 e. The summed E-state index contributed by atoms with van der Waals surface area (Å²) in [5, 5.41) is 4.57. The Morgan fingerprint density at radius 1 is 1.19 bits per heavy atom. The topological polar surface area (TPSA) is 41.1 Å². The third kappa shape index (κ3) is 6.01. The molecular formula is C14H18F4N2O. The molecule has 1 aromatic rings. The summed E-state index contributed by atoms with van der Waals surface area (Å²) in [5.74, 6) is -0.913. The molecule has 0 bridgehead atoms. The van der Waals surface area contributed by atoms with Crippen LogP contribution in [-0.4, -0.2) is 12.6 Å². The Hall–Kier alpha value is -1.79. The van der Waals surface area contributed by atoms with Crippen molar-refractivity contribution in [1.29, 1.82) is 0 Å². The normalized spacial score (nSPS) is 11.3. The predicted octanol–water partition coefficient (Wildman–Crippen LogP) is 4.55. The highest BCUT2D eigenvalue weighted by Gasteiger charge is 2.31. The van der Waals surface area contributed by atoms with Crippen LogP contribution >= 0.6 is 0 Å². The summed E-state index contributed by atoms with van der Waals surface area (Å²) in [6.07, 6.45) is -0.755. The minimum Gasteiger partial charge on any atom is -0.338 e. The highest BCUT2D eigenvalue weighted by atomic mass is 19.4. The average Bonchev–Trinajstić information content (AvgIpc) is 2.40. The van der Waals surface area contributed by atoms with E-state index in [1.54, 1.807) is 0 Å². The van der Waals surface area contributed by atoms with Crippen molar-refractivity contribution in [3.63, 3.8) is 0 Å². The van der Waals surface area contributed by atoms with Crippen LogP contribution in [0.1, 0.15) is 38.2 Å². The molecule has 21 heavy (non-hydrogen) atoms. The van der Waals surface area contributed by atoms with Gasteiger partial charge in [-0.05, 0) is 24.6 Å². The second-order valence-corrected chi connectivity index (χ2v) is 4.63. The Balaban J connectivity index is 2.55. The van der Waals surface area contributed by atoms with Gasteiger partial charge in [-0.3, -0.25) is 0 Å². The molecule has 7 heteroatoms. The summed E-state index contributed by atoms with van der Waals surface area (Å²) in [4.78, 5) is 11.5. The lowest BCUT2D eigenvalue weighted by molar-refractivity contribution is -0.137. The maximum atomic E-state index is 13.4. The highest BCUT2D eigenvalue weighted by molar-refractivity contribution is 5.89. The Bertz CT molecular complexity index is 475. The number of halogens is 4. The first-order valence-corrected chi connectivity index (χ1v) is 6.76. The molecule has 0 spiro atoms. The molecule has 1 rings (SSSR count). The van der Waals surface area contributed by atoms with E-state index in [0.29, 0.717) is 24.7 Å². The number of rotatable bonds is 6. The minimum absolute atomic E-state index is 0.395. The van der Waals surface area contributed by atoms with Crippen LogP contribution in [0.25, 0.3) is 0 Å². The number of unbranched alkanes of at least 4 members (excludes halogenated alkanes) is 3. The van der Waals surface area contributed by atoms with E-state index in [2.05, 4.69) is 17.6 Å².